The molecule has 1 rings (SSSR count). The van der Waals surface area contributed by atoms with Crippen molar-refractivity contribution in [1.29, 1.82) is 5.26 Å². The molecular formula is C11H14N2O. The molecule has 74 valence electrons. The number of hydrogen-bond acceptors (Lipinski definition) is 3. The fourth-order valence-electron chi connectivity index (χ4n) is 1.10. The summed E-state index contributed by atoms with van der Waals surface area (Å²) >= 11 is 0. The van der Waals surface area contributed by atoms with Gasteiger partial charge < -0.3 is 10.5 Å². The van der Waals surface area contributed by atoms with Gasteiger partial charge in [-0.05, 0) is 24.6 Å². The van der Waals surface area contributed by atoms with Crippen LogP contribution in [0.5, 0.6) is 5.75 Å². The second kappa shape index (κ2) is 5.25. The smallest absolute Gasteiger partial charge is 0.119 e. The van der Waals surface area contributed by atoms with Gasteiger partial charge in [-0.3, -0.25) is 0 Å². The summed E-state index contributed by atoms with van der Waals surface area (Å²) in [6.45, 7) is 2.35. The zero-order chi connectivity index (χ0) is 10.4. The molecule has 1 atom stereocenters. The maximum atomic E-state index is 8.34. The number of nitrogens with zero attached hydrogens (tertiary/aromatic N) is 1. The topological polar surface area (TPSA) is 59.0 Å². The van der Waals surface area contributed by atoms with Crippen LogP contribution in [-0.4, -0.2) is 6.61 Å². The minimum Gasteiger partial charge on any atom is -0.493 e. The van der Waals surface area contributed by atoms with E-state index in [1.54, 1.807) is 0 Å². The zero-order valence-electron chi connectivity index (χ0n) is 8.23. The number of nitrogens with two attached hydrogens (primary N) is 1. The highest BCUT2D eigenvalue weighted by Crippen LogP contribution is 2.17. The van der Waals surface area contributed by atoms with Crippen LogP contribution in [0.4, 0.5) is 0 Å². The molecule has 0 bridgehead atoms. The van der Waals surface area contributed by atoms with Gasteiger partial charge in [-0.2, -0.15) is 5.26 Å². The maximum absolute atomic E-state index is 8.34. The van der Waals surface area contributed by atoms with Crippen molar-refractivity contribution in [2.24, 2.45) is 5.73 Å². The summed E-state index contributed by atoms with van der Waals surface area (Å²) in [6.07, 6.45) is 0.405. The van der Waals surface area contributed by atoms with Crippen LogP contribution in [0.15, 0.2) is 24.3 Å². The van der Waals surface area contributed by atoms with Crippen molar-refractivity contribution in [2.75, 3.05) is 6.61 Å². The van der Waals surface area contributed by atoms with Crippen LogP contribution in [0.2, 0.25) is 0 Å². The number of hydrogen-bond donors (Lipinski definition) is 1. The first-order chi connectivity index (χ1) is 6.74. The van der Waals surface area contributed by atoms with Gasteiger partial charge in [-0.15, -0.1) is 0 Å². The first-order valence-electron chi connectivity index (χ1n) is 4.59. The molecule has 0 saturated heterocycles. The fourth-order valence-corrected chi connectivity index (χ4v) is 1.10. The molecule has 0 heterocycles. The standard InChI is InChI=1S/C11H14N2O/c1-9(13)10-4-2-5-11(8-10)14-7-3-6-12/h2,4-5,8-9H,3,7,13H2,1H3. The Bertz CT molecular complexity index is 328. The van der Waals surface area contributed by atoms with Gasteiger partial charge in [0.2, 0.25) is 0 Å². The Balaban J connectivity index is 2.60. The monoisotopic (exact) mass is 190 g/mol. The third kappa shape index (κ3) is 3.08. The predicted octanol–water partition coefficient (Wildman–Crippen LogP) is 2.00. The molecule has 0 spiro atoms. The Hall–Kier alpha value is -1.53. The molecule has 0 aliphatic carbocycles. The molecule has 0 aromatic heterocycles. The quantitative estimate of drug-likeness (QED) is 0.739. The number of rotatable bonds is 4. The minimum atomic E-state index is 0.00881. The molecule has 1 aromatic rings. The Morgan fingerprint density at radius 1 is 1.57 bits per heavy atom. The molecule has 1 aromatic carbocycles. The molecule has 0 saturated carbocycles. The molecule has 0 aliphatic heterocycles. The average molecular weight is 190 g/mol. The highest BCUT2D eigenvalue weighted by molar-refractivity contribution is 5.30. The van der Waals surface area contributed by atoms with Crippen LogP contribution < -0.4 is 10.5 Å². The molecule has 3 nitrogen and oxygen atoms in total. The van der Waals surface area contributed by atoms with Gasteiger partial charge in [0.05, 0.1) is 12.5 Å². The molecular weight excluding hydrogens is 176 g/mol. The second-order valence-corrected chi connectivity index (χ2v) is 3.12. The van der Waals surface area contributed by atoms with Gasteiger partial charge in [0.15, 0.2) is 0 Å². The summed E-state index contributed by atoms with van der Waals surface area (Å²) in [6, 6.07) is 9.67. The van der Waals surface area contributed by atoms with E-state index in [0.29, 0.717) is 13.0 Å². The van der Waals surface area contributed by atoms with Gasteiger partial charge in [0, 0.05) is 6.04 Å². The van der Waals surface area contributed by atoms with E-state index in [9.17, 15) is 0 Å². The van der Waals surface area contributed by atoms with Gasteiger partial charge in [-0.1, -0.05) is 12.1 Å². The van der Waals surface area contributed by atoms with Crippen LogP contribution in [0, 0.1) is 11.3 Å². The van der Waals surface area contributed by atoms with E-state index in [4.69, 9.17) is 15.7 Å². The van der Waals surface area contributed by atoms with Crippen LogP contribution in [0.3, 0.4) is 0 Å². The highest BCUT2D eigenvalue weighted by Gasteiger charge is 2.00. The lowest BCUT2D eigenvalue weighted by molar-refractivity contribution is 0.326. The van der Waals surface area contributed by atoms with Crippen molar-refractivity contribution in [3.05, 3.63) is 29.8 Å². The summed E-state index contributed by atoms with van der Waals surface area (Å²) in [5, 5.41) is 8.34. The Morgan fingerprint density at radius 2 is 2.36 bits per heavy atom. The van der Waals surface area contributed by atoms with Gasteiger partial charge in [0.25, 0.3) is 0 Å². The lowest BCUT2D eigenvalue weighted by Gasteiger charge is -2.08. The van der Waals surface area contributed by atoms with Gasteiger partial charge in [0.1, 0.15) is 12.4 Å². The highest BCUT2D eigenvalue weighted by atomic mass is 16.5. The minimum absolute atomic E-state index is 0.00881. The lowest BCUT2D eigenvalue weighted by Crippen LogP contribution is -2.05. The molecule has 0 fully saturated rings. The SMILES string of the molecule is CC(N)c1cccc(OCCC#N)c1. The second-order valence-electron chi connectivity index (χ2n) is 3.12. The van der Waals surface area contributed by atoms with E-state index in [-0.39, 0.29) is 6.04 Å². The Kier molecular flexibility index (Phi) is 3.96. The molecule has 0 aliphatic rings. The Morgan fingerprint density at radius 3 is 3.00 bits per heavy atom. The number of benzene rings is 1. The third-order valence-corrected chi connectivity index (χ3v) is 1.87. The molecule has 14 heavy (non-hydrogen) atoms. The van der Waals surface area contributed by atoms with E-state index in [1.165, 1.54) is 0 Å². The first-order valence-corrected chi connectivity index (χ1v) is 4.59. The first kappa shape index (κ1) is 10.6. The molecule has 2 N–H and O–H groups in total. The van der Waals surface area contributed by atoms with Crippen molar-refractivity contribution in [3.8, 4) is 11.8 Å². The van der Waals surface area contributed by atoms with Crippen LogP contribution in [0.1, 0.15) is 24.9 Å². The van der Waals surface area contributed by atoms with E-state index in [2.05, 4.69) is 0 Å². The molecule has 3 heteroatoms. The van der Waals surface area contributed by atoms with E-state index < -0.39 is 0 Å². The summed E-state index contributed by atoms with van der Waals surface area (Å²) < 4.78 is 5.36. The largest absolute Gasteiger partial charge is 0.493 e. The fraction of sp³-hybridized carbons (Fsp3) is 0.364. The number of ether oxygens (including phenoxy) is 1. The van der Waals surface area contributed by atoms with Crippen molar-refractivity contribution < 1.29 is 4.74 Å². The van der Waals surface area contributed by atoms with E-state index in [1.807, 2.05) is 37.3 Å². The van der Waals surface area contributed by atoms with E-state index >= 15 is 0 Å². The van der Waals surface area contributed by atoms with Crippen LogP contribution in [-0.2, 0) is 0 Å². The van der Waals surface area contributed by atoms with Crippen molar-refractivity contribution in [3.63, 3.8) is 0 Å². The van der Waals surface area contributed by atoms with Crippen LogP contribution >= 0.6 is 0 Å². The normalized spacial score (nSPS) is 11.8. The van der Waals surface area contributed by atoms with Gasteiger partial charge >= 0.3 is 0 Å². The van der Waals surface area contributed by atoms with E-state index in [0.717, 1.165) is 11.3 Å². The zero-order valence-corrected chi connectivity index (χ0v) is 8.23. The van der Waals surface area contributed by atoms with Crippen molar-refractivity contribution in [1.82, 2.24) is 0 Å². The van der Waals surface area contributed by atoms with Crippen molar-refractivity contribution >= 4 is 0 Å². The van der Waals surface area contributed by atoms with Gasteiger partial charge in [-0.25, -0.2) is 0 Å². The Labute approximate surface area is 84.1 Å². The maximum Gasteiger partial charge on any atom is 0.119 e. The molecule has 0 radical (unpaired) electrons. The average Bonchev–Trinajstić information content (AvgIpc) is 2.19. The summed E-state index contributed by atoms with van der Waals surface area (Å²) in [5.41, 5.74) is 6.77. The van der Waals surface area contributed by atoms with Crippen LogP contribution in [0.25, 0.3) is 0 Å². The predicted molar refractivity (Wildman–Crippen MR) is 54.8 cm³/mol. The summed E-state index contributed by atoms with van der Waals surface area (Å²) in [7, 11) is 0. The molecule has 0 amide bonds. The molecule has 1 unspecified atom stereocenters. The lowest BCUT2D eigenvalue weighted by atomic mass is 10.1. The summed E-state index contributed by atoms with van der Waals surface area (Å²) in [5.74, 6) is 0.773. The van der Waals surface area contributed by atoms with Crippen molar-refractivity contribution in [2.45, 2.75) is 19.4 Å². The summed E-state index contributed by atoms with van der Waals surface area (Å²) in [4.78, 5) is 0. The number of nitriles is 1. The third-order valence-electron chi connectivity index (χ3n) is 1.87.